The zero-order chi connectivity index (χ0) is 24.1. The predicted molar refractivity (Wildman–Crippen MR) is 137 cm³/mol. The second kappa shape index (κ2) is 11.0. The second-order valence-electron chi connectivity index (χ2n) is 11.0. The van der Waals surface area contributed by atoms with E-state index in [-0.39, 0.29) is 17.2 Å². The van der Waals surface area contributed by atoms with Gasteiger partial charge < -0.3 is 9.80 Å². The number of nitrogens with zero attached hydrogens (tertiary/aromatic N) is 2. The summed E-state index contributed by atoms with van der Waals surface area (Å²) in [6, 6.07) is 8.53. The number of rotatable bonds is 10. The molecule has 2 unspecified atom stereocenters. The second-order valence-corrected chi connectivity index (χ2v) is 11.0. The Hall–Kier alpha value is -2.17. The van der Waals surface area contributed by atoms with Crippen molar-refractivity contribution < 1.29 is 9.59 Å². The maximum atomic E-state index is 13.5. The quantitative estimate of drug-likeness (QED) is 0.488. The Kier molecular flexibility index (Phi) is 8.10. The Morgan fingerprint density at radius 2 is 1.79 bits per heavy atom. The van der Waals surface area contributed by atoms with Gasteiger partial charge >= 0.3 is 0 Å². The normalized spacial score (nSPS) is 24.1. The van der Waals surface area contributed by atoms with Crippen LogP contribution in [0.3, 0.4) is 0 Å². The molecular formula is C29H43N3O2. The fraction of sp³-hybridized carbons (Fsp3) is 0.690. The van der Waals surface area contributed by atoms with Crippen molar-refractivity contribution in [3.63, 3.8) is 0 Å². The van der Waals surface area contributed by atoms with E-state index in [2.05, 4.69) is 43.0 Å². The van der Waals surface area contributed by atoms with Crippen molar-refractivity contribution in [1.82, 2.24) is 9.80 Å². The number of amidine groups is 1. The molecule has 2 saturated heterocycles. The Bertz CT molecular complexity index is 887. The smallest absolute Gasteiger partial charge is 0.234 e. The van der Waals surface area contributed by atoms with Gasteiger partial charge in [-0.1, -0.05) is 63.8 Å². The molecule has 3 aliphatic rings. The molecule has 4 rings (SSSR count). The average molecular weight is 466 g/mol. The molecule has 0 bridgehead atoms. The summed E-state index contributed by atoms with van der Waals surface area (Å²) in [6.07, 6.45) is 11.5. The maximum Gasteiger partial charge on any atom is 0.234 e. The molecule has 2 fully saturated rings. The van der Waals surface area contributed by atoms with Gasteiger partial charge in [-0.05, 0) is 62.0 Å². The van der Waals surface area contributed by atoms with Crippen LogP contribution in [-0.2, 0) is 22.4 Å². The van der Waals surface area contributed by atoms with E-state index in [1.165, 1.54) is 11.1 Å². The van der Waals surface area contributed by atoms with Gasteiger partial charge in [-0.2, -0.15) is 0 Å². The lowest BCUT2D eigenvalue weighted by Gasteiger charge is -2.28. The van der Waals surface area contributed by atoms with Crippen LogP contribution in [0.1, 0.15) is 89.2 Å². The molecule has 5 nitrogen and oxygen atoms in total. The number of hydrogen-bond donors (Lipinski definition) is 1. The number of carbonyl (C=O) groups excluding carboxylic acids is 2. The molecular weight excluding hydrogens is 422 g/mol. The highest BCUT2D eigenvalue weighted by Crippen LogP contribution is 2.42. The first kappa shape index (κ1) is 24.9. The van der Waals surface area contributed by atoms with Gasteiger partial charge in [-0.15, -0.1) is 0 Å². The Morgan fingerprint density at radius 1 is 1.09 bits per heavy atom. The zero-order valence-electron chi connectivity index (χ0n) is 21.3. The van der Waals surface area contributed by atoms with Gasteiger partial charge in [-0.25, -0.2) is 0 Å². The average Bonchev–Trinajstić information content (AvgIpc) is 3.42. The summed E-state index contributed by atoms with van der Waals surface area (Å²) in [5.74, 6) is 1.58. The van der Waals surface area contributed by atoms with Crippen LogP contribution >= 0.6 is 0 Å². The van der Waals surface area contributed by atoms with E-state index < -0.39 is 0 Å². The largest absolute Gasteiger partial charge is 0.342 e. The summed E-state index contributed by atoms with van der Waals surface area (Å²) >= 11 is 0. The third kappa shape index (κ3) is 5.23. The highest BCUT2D eigenvalue weighted by Gasteiger charge is 2.48. The molecule has 2 aliphatic heterocycles. The third-order valence-electron chi connectivity index (χ3n) is 8.60. The summed E-state index contributed by atoms with van der Waals surface area (Å²) in [5, 5.41) is 8.58. The van der Waals surface area contributed by atoms with Crippen LogP contribution in [0.15, 0.2) is 24.3 Å². The highest BCUT2D eigenvalue weighted by molar-refractivity contribution is 6.07. The number of unbranched alkanes of at least 4 members (excludes halogenated alkanes) is 2. The highest BCUT2D eigenvalue weighted by atomic mass is 16.2. The fourth-order valence-electron chi connectivity index (χ4n) is 6.43. The Balaban J connectivity index is 1.29. The van der Waals surface area contributed by atoms with Crippen LogP contribution in [0.25, 0.3) is 0 Å². The van der Waals surface area contributed by atoms with Crippen molar-refractivity contribution in [3.8, 4) is 0 Å². The first-order valence-electron chi connectivity index (χ1n) is 13.7. The molecule has 2 heterocycles. The monoisotopic (exact) mass is 465 g/mol. The van der Waals surface area contributed by atoms with E-state index in [9.17, 15) is 9.59 Å². The molecule has 0 spiro atoms. The van der Waals surface area contributed by atoms with Crippen LogP contribution in [0.5, 0.6) is 0 Å². The molecule has 34 heavy (non-hydrogen) atoms. The number of likely N-dealkylation sites (tertiary alicyclic amines) is 2. The molecule has 0 aromatic heterocycles. The van der Waals surface area contributed by atoms with E-state index in [0.717, 1.165) is 83.7 Å². The van der Waals surface area contributed by atoms with Crippen LogP contribution in [0.2, 0.25) is 0 Å². The summed E-state index contributed by atoms with van der Waals surface area (Å²) in [4.78, 5) is 30.6. The molecule has 1 N–H and O–H groups in total. The van der Waals surface area contributed by atoms with Crippen molar-refractivity contribution >= 4 is 17.6 Å². The van der Waals surface area contributed by atoms with Crippen molar-refractivity contribution in [3.05, 3.63) is 35.4 Å². The standard InChI is InChI=1S/C29H43N3O2/c1-3-5-15-29(16-6-4-2)20-26(30)32(28(29)34)18-14-22-13-17-31(21-22)27(33)25-12-11-23-9-7-8-10-24(23)19-25/h7-10,22,25,30H,3-6,11-21H2,1-2H3. The number of carbonyl (C=O) groups is 2. The lowest BCUT2D eigenvalue weighted by Crippen LogP contribution is -2.38. The summed E-state index contributed by atoms with van der Waals surface area (Å²) < 4.78 is 0. The lowest BCUT2D eigenvalue weighted by molar-refractivity contribution is -0.136. The van der Waals surface area contributed by atoms with Crippen molar-refractivity contribution in [2.24, 2.45) is 17.3 Å². The van der Waals surface area contributed by atoms with Crippen molar-refractivity contribution in [2.75, 3.05) is 19.6 Å². The summed E-state index contributed by atoms with van der Waals surface area (Å²) in [7, 11) is 0. The molecule has 1 aliphatic carbocycles. The molecule has 186 valence electrons. The molecule has 5 heteroatoms. The summed E-state index contributed by atoms with van der Waals surface area (Å²) in [5.41, 5.74) is 2.40. The van der Waals surface area contributed by atoms with Gasteiger partial charge in [-0.3, -0.25) is 15.0 Å². The SMILES string of the molecule is CCCCC1(CCCC)CC(=N)N(CCC2CCN(C(=O)C3CCc4ccccc4C3)C2)C1=O. The minimum atomic E-state index is -0.335. The number of amides is 2. The first-order chi connectivity index (χ1) is 16.5. The van der Waals surface area contributed by atoms with Gasteiger partial charge in [0.25, 0.3) is 0 Å². The minimum Gasteiger partial charge on any atom is -0.342 e. The van der Waals surface area contributed by atoms with E-state index in [4.69, 9.17) is 5.41 Å². The minimum absolute atomic E-state index is 0.111. The van der Waals surface area contributed by atoms with Gasteiger partial charge in [0.2, 0.25) is 11.8 Å². The maximum absolute atomic E-state index is 13.5. The van der Waals surface area contributed by atoms with Crippen LogP contribution in [0, 0.1) is 22.7 Å². The number of fused-ring (bicyclic) bond motifs is 1. The number of nitrogens with one attached hydrogen (secondary N) is 1. The first-order valence-corrected chi connectivity index (χ1v) is 13.7. The molecule has 0 saturated carbocycles. The lowest BCUT2D eigenvalue weighted by atomic mass is 9.77. The Labute approximate surface area is 205 Å². The molecule has 1 aromatic carbocycles. The van der Waals surface area contributed by atoms with E-state index in [0.29, 0.717) is 30.6 Å². The Morgan fingerprint density at radius 3 is 2.50 bits per heavy atom. The van der Waals surface area contributed by atoms with Crippen LogP contribution < -0.4 is 0 Å². The molecule has 1 aromatic rings. The zero-order valence-corrected chi connectivity index (χ0v) is 21.3. The fourth-order valence-corrected chi connectivity index (χ4v) is 6.43. The number of aryl methyl sites for hydroxylation is 1. The van der Waals surface area contributed by atoms with Gasteiger partial charge in [0.05, 0.1) is 5.41 Å². The van der Waals surface area contributed by atoms with E-state index >= 15 is 0 Å². The van der Waals surface area contributed by atoms with Gasteiger partial charge in [0.15, 0.2) is 0 Å². The van der Waals surface area contributed by atoms with Crippen LogP contribution in [0.4, 0.5) is 0 Å². The van der Waals surface area contributed by atoms with Crippen LogP contribution in [-0.4, -0.2) is 47.1 Å². The van der Waals surface area contributed by atoms with Crippen molar-refractivity contribution in [1.29, 1.82) is 5.41 Å². The van der Waals surface area contributed by atoms with Crippen molar-refractivity contribution in [2.45, 2.75) is 90.9 Å². The predicted octanol–water partition coefficient (Wildman–Crippen LogP) is 5.61. The summed E-state index contributed by atoms with van der Waals surface area (Å²) in [6.45, 7) is 6.64. The number of hydrogen-bond acceptors (Lipinski definition) is 3. The molecule has 0 radical (unpaired) electrons. The number of benzene rings is 1. The van der Waals surface area contributed by atoms with Gasteiger partial charge in [0, 0.05) is 32.0 Å². The van der Waals surface area contributed by atoms with Gasteiger partial charge in [0.1, 0.15) is 5.84 Å². The van der Waals surface area contributed by atoms with E-state index in [1.54, 1.807) is 4.90 Å². The topological polar surface area (TPSA) is 64.5 Å². The van der Waals surface area contributed by atoms with E-state index in [1.807, 2.05) is 0 Å². The molecule has 2 atom stereocenters. The molecule has 2 amide bonds. The third-order valence-corrected chi connectivity index (χ3v) is 8.60.